The van der Waals surface area contributed by atoms with Gasteiger partial charge in [-0.15, -0.1) is 0 Å². The lowest BCUT2D eigenvalue weighted by Gasteiger charge is -2.38. The van der Waals surface area contributed by atoms with Gasteiger partial charge in [-0.2, -0.15) is 0 Å². The van der Waals surface area contributed by atoms with Crippen molar-refractivity contribution in [3.05, 3.63) is 22.9 Å². The summed E-state index contributed by atoms with van der Waals surface area (Å²) in [6.45, 7) is 1.17. The lowest BCUT2D eigenvalue weighted by atomic mass is 9.99. The second-order valence-electron chi connectivity index (χ2n) is 4.15. The van der Waals surface area contributed by atoms with E-state index in [0.717, 1.165) is 9.80 Å². The zero-order valence-corrected chi connectivity index (χ0v) is 12.4. The van der Waals surface area contributed by atoms with Crippen molar-refractivity contribution in [3.8, 4) is 0 Å². The molecule has 16 heavy (non-hydrogen) atoms. The lowest BCUT2D eigenvalue weighted by Crippen LogP contribution is -2.40. The van der Waals surface area contributed by atoms with Crippen molar-refractivity contribution in [1.29, 1.82) is 0 Å². The minimum Gasteiger partial charge on any atom is -0.368 e. The summed E-state index contributed by atoms with van der Waals surface area (Å²) in [5, 5.41) is 1.08. The van der Waals surface area contributed by atoms with E-state index >= 15 is 0 Å². The largest absolute Gasteiger partial charge is 0.368 e. The van der Waals surface area contributed by atoms with Gasteiger partial charge in [-0.3, -0.25) is 4.98 Å². The van der Waals surface area contributed by atoms with E-state index in [1.807, 2.05) is 12.4 Å². The lowest BCUT2D eigenvalue weighted by molar-refractivity contribution is 0.452. The summed E-state index contributed by atoms with van der Waals surface area (Å²) in [6.07, 6.45) is 8.94. The summed E-state index contributed by atoms with van der Waals surface area (Å²) in [6, 6.07) is 2.78. The van der Waals surface area contributed by atoms with Gasteiger partial charge in [0.2, 0.25) is 0 Å². The van der Waals surface area contributed by atoms with E-state index in [9.17, 15) is 0 Å². The van der Waals surface area contributed by atoms with E-state index < -0.39 is 0 Å². The molecule has 0 bridgehead atoms. The van der Waals surface area contributed by atoms with Crippen LogP contribution >= 0.6 is 31.9 Å². The van der Waals surface area contributed by atoms with Gasteiger partial charge in [-0.1, -0.05) is 15.9 Å². The second-order valence-corrected chi connectivity index (χ2v) is 5.80. The van der Waals surface area contributed by atoms with Gasteiger partial charge < -0.3 is 4.90 Å². The van der Waals surface area contributed by atoms with Crippen LogP contribution in [-0.2, 0) is 0 Å². The van der Waals surface area contributed by atoms with Crippen LogP contribution < -0.4 is 4.90 Å². The average molecular weight is 348 g/mol. The monoisotopic (exact) mass is 346 g/mol. The van der Waals surface area contributed by atoms with E-state index in [4.69, 9.17) is 0 Å². The maximum absolute atomic E-state index is 4.13. The third-order valence-electron chi connectivity index (χ3n) is 3.13. The highest BCUT2D eigenvalue weighted by Crippen LogP contribution is 2.31. The Kier molecular flexibility index (Phi) is 4.65. The van der Waals surface area contributed by atoms with Crippen LogP contribution in [0, 0.1) is 0 Å². The fourth-order valence-corrected chi connectivity index (χ4v) is 3.35. The van der Waals surface area contributed by atoms with Gasteiger partial charge in [0.15, 0.2) is 0 Å². The molecule has 0 spiro atoms. The molecule has 2 rings (SSSR count). The van der Waals surface area contributed by atoms with Crippen LogP contribution in [0.2, 0.25) is 0 Å². The molecule has 4 heteroatoms. The number of rotatable bonds is 3. The van der Waals surface area contributed by atoms with E-state index in [1.165, 1.54) is 37.9 Å². The number of pyridine rings is 1. The summed E-state index contributed by atoms with van der Waals surface area (Å²) >= 11 is 7.15. The molecule has 1 aromatic rings. The first kappa shape index (κ1) is 12.4. The number of hydrogen-bond donors (Lipinski definition) is 0. The molecule has 1 atom stereocenters. The Morgan fingerprint density at radius 1 is 1.44 bits per heavy atom. The minimum absolute atomic E-state index is 0.673. The molecule has 0 saturated carbocycles. The second kappa shape index (κ2) is 6.01. The fraction of sp³-hybridized carbons (Fsp3) is 0.583. The Morgan fingerprint density at radius 2 is 2.31 bits per heavy atom. The van der Waals surface area contributed by atoms with Crippen molar-refractivity contribution in [2.75, 3.05) is 16.8 Å². The Hall–Kier alpha value is -0.0900. The number of alkyl halides is 1. The first-order valence-corrected chi connectivity index (χ1v) is 7.66. The third-order valence-corrected chi connectivity index (χ3v) is 4.20. The molecule has 0 radical (unpaired) electrons. The van der Waals surface area contributed by atoms with Crippen molar-refractivity contribution >= 4 is 37.5 Å². The first-order chi connectivity index (χ1) is 7.83. The minimum atomic E-state index is 0.673. The summed E-state index contributed by atoms with van der Waals surface area (Å²) in [4.78, 5) is 6.65. The highest BCUT2D eigenvalue weighted by Gasteiger charge is 2.23. The molecule has 1 fully saturated rings. The number of nitrogens with zero attached hydrogens (tertiary/aromatic N) is 2. The highest BCUT2D eigenvalue weighted by molar-refractivity contribution is 9.10. The smallest absolute Gasteiger partial charge is 0.0592 e. The van der Waals surface area contributed by atoms with Crippen LogP contribution in [-0.4, -0.2) is 22.9 Å². The maximum atomic E-state index is 4.13. The zero-order chi connectivity index (χ0) is 11.4. The van der Waals surface area contributed by atoms with Crippen molar-refractivity contribution < 1.29 is 0 Å². The van der Waals surface area contributed by atoms with Gasteiger partial charge in [0, 0.05) is 30.3 Å². The predicted molar refractivity (Wildman–Crippen MR) is 75.3 cm³/mol. The van der Waals surface area contributed by atoms with Crippen LogP contribution in [0.15, 0.2) is 22.9 Å². The van der Waals surface area contributed by atoms with Crippen LogP contribution in [0.4, 0.5) is 5.69 Å². The Bertz CT molecular complexity index is 342. The van der Waals surface area contributed by atoms with Crippen molar-refractivity contribution in [2.45, 2.75) is 31.7 Å². The zero-order valence-electron chi connectivity index (χ0n) is 9.20. The van der Waals surface area contributed by atoms with Crippen molar-refractivity contribution in [2.24, 2.45) is 0 Å². The van der Waals surface area contributed by atoms with Crippen LogP contribution in [0.3, 0.4) is 0 Å². The molecule has 1 aliphatic rings. The third kappa shape index (κ3) is 2.77. The van der Waals surface area contributed by atoms with E-state index in [-0.39, 0.29) is 0 Å². The molecule has 1 unspecified atom stereocenters. The Morgan fingerprint density at radius 3 is 3.06 bits per heavy atom. The molecule has 0 amide bonds. The molecule has 1 aliphatic heterocycles. The van der Waals surface area contributed by atoms with Gasteiger partial charge in [-0.25, -0.2) is 0 Å². The van der Waals surface area contributed by atoms with Gasteiger partial charge in [0.1, 0.15) is 0 Å². The summed E-state index contributed by atoms with van der Waals surface area (Å²) < 4.78 is 1.11. The molecule has 1 saturated heterocycles. The van der Waals surface area contributed by atoms with Crippen molar-refractivity contribution in [1.82, 2.24) is 4.98 Å². The number of hydrogen-bond acceptors (Lipinski definition) is 2. The highest BCUT2D eigenvalue weighted by atomic mass is 79.9. The molecule has 88 valence electrons. The number of piperidine rings is 1. The van der Waals surface area contributed by atoms with Crippen molar-refractivity contribution in [3.63, 3.8) is 0 Å². The number of aromatic nitrogens is 1. The van der Waals surface area contributed by atoms with E-state index in [0.29, 0.717) is 6.04 Å². The summed E-state index contributed by atoms with van der Waals surface area (Å²) in [5.41, 5.74) is 1.29. The van der Waals surface area contributed by atoms with Gasteiger partial charge >= 0.3 is 0 Å². The topological polar surface area (TPSA) is 16.1 Å². The average Bonchev–Trinajstić information content (AvgIpc) is 2.31. The maximum Gasteiger partial charge on any atom is 0.0592 e. The Labute approximate surface area is 114 Å². The van der Waals surface area contributed by atoms with Crippen LogP contribution in [0.5, 0.6) is 0 Å². The summed E-state index contributed by atoms with van der Waals surface area (Å²) in [5.74, 6) is 0. The first-order valence-electron chi connectivity index (χ1n) is 5.75. The van der Waals surface area contributed by atoms with E-state index in [1.54, 1.807) is 0 Å². The van der Waals surface area contributed by atoms with E-state index in [2.05, 4.69) is 47.8 Å². The molecule has 1 aromatic heterocycles. The molecule has 2 heterocycles. The Balaban J connectivity index is 2.19. The van der Waals surface area contributed by atoms with Gasteiger partial charge in [0.25, 0.3) is 0 Å². The predicted octanol–water partition coefficient (Wildman–Crippen LogP) is 3.99. The van der Waals surface area contributed by atoms with Gasteiger partial charge in [0.05, 0.1) is 10.2 Å². The molecular weight excluding hydrogens is 332 g/mol. The molecule has 0 N–H and O–H groups in total. The molecular formula is C12H16Br2N2. The van der Waals surface area contributed by atoms with Crippen LogP contribution in [0.25, 0.3) is 0 Å². The standard InChI is InChI=1S/C12H16Br2N2/c13-6-4-10-3-1-2-8-16(10)12-5-7-15-9-11(12)14/h5,7,9-10H,1-4,6,8H2. The van der Waals surface area contributed by atoms with Crippen LogP contribution in [0.1, 0.15) is 25.7 Å². The molecule has 2 nitrogen and oxygen atoms in total. The molecule has 0 aromatic carbocycles. The normalized spacial score (nSPS) is 21.1. The number of anilines is 1. The quantitative estimate of drug-likeness (QED) is 0.768. The molecule has 0 aliphatic carbocycles. The fourth-order valence-electron chi connectivity index (χ4n) is 2.34. The summed E-state index contributed by atoms with van der Waals surface area (Å²) in [7, 11) is 0. The number of halogens is 2. The SMILES string of the molecule is BrCCC1CCCCN1c1ccncc1Br. The van der Waals surface area contributed by atoms with Gasteiger partial charge in [-0.05, 0) is 47.7 Å².